The number of hydrogen-bond donors (Lipinski definition) is 7. The zero-order valence-electron chi connectivity index (χ0n) is 28.3. The molecule has 2 aliphatic heterocycles. The van der Waals surface area contributed by atoms with Gasteiger partial charge in [0.2, 0.25) is 11.8 Å². The van der Waals surface area contributed by atoms with Gasteiger partial charge in [0.15, 0.2) is 12.1 Å². The molecule has 4 aliphatic rings. The molecule has 0 aromatic heterocycles. The van der Waals surface area contributed by atoms with Gasteiger partial charge in [-0.2, -0.15) is 0 Å². The Morgan fingerprint density at radius 2 is 1.69 bits per heavy atom. The van der Waals surface area contributed by atoms with E-state index < -0.39 is 73.3 Å². The van der Waals surface area contributed by atoms with Crippen molar-refractivity contribution in [3.8, 4) is 0 Å². The third kappa shape index (κ3) is 8.60. The van der Waals surface area contributed by atoms with Crippen LogP contribution < -0.4 is 10.6 Å². The summed E-state index contributed by atoms with van der Waals surface area (Å²) in [6, 6.07) is 14.6. The quantitative estimate of drug-likeness (QED) is 0.127. The summed E-state index contributed by atoms with van der Waals surface area (Å²) in [6.07, 6.45) is -3.11. The molecule has 2 saturated heterocycles. The monoisotopic (exact) mass is 724 g/mol. The molecule has 6 rings (SSSR count). The number of esters is 1. The second kappa shape index (κ2) is 16.8. The van der Waals surface area contributed by atoms with Gasteiger partial charge in [-0.15, -0.1) is 0 Å². The maximum Gasteiger partial charge on any atom is 0.338 e. The van der Waals surface area contributed by atoms with Gasteiger partial charge in [0.25, 0.3) is 0 Å². The van der Waals surface area contributed by atoms with Crippen LogP contribution in [-0.2, 0) is 46.1 Å². The third-order valence-electron chi connectivity index (χ3n) is 9.48. The Kier molecular flexibility index (Phi) is 12.2. The average Bonchev–Trinajstić information content (AvgIpc) is 3.70. The molecule has 280 valence electrons. The average molecular weight is 725 g/mol. The van der Waals surface area contributed by atoms with Crippen LogP contribution in [0.25, 0.3) is 6.08 Å². The van der Waals surface area contributed by atoms with E-state index in [1.165, 1.54) is 0 Å². The number of hydrogen-bond acceptors (Lipinski definition) is 13. The lowest BCUT2D eigenvalue weighted by molar-refractivity contribution is -0.298. The number of carbonyl (C=O) groups excluding carboxylic acids is 3. The zero-order chi connectivity index (χ0) is 36.8. The molecule has 2 fully saturated rings. The fourth-order valence-corrected chi connectivity index (χ4v) is 6.86. The summed E-state index contributed by atoms with van der Waals surface area (Å²) in [5, 5.41) is 53.7. The summed E-state index contributed by atoms with van der Waals surface area (Å²) >= 11 is 0. The van der Waals surface area contributed by atoms with Crippen LogP contribution in [0.5, 0.6) is 0 Å². The molecule has 2 aromatic carbocycles. The van der Waals surface area contributed by atoms with Crippen LogP contribution in [0.3, 0.4) is 0 Å². The number of nitrogens with one attached hydrogen (secondary N) is 2. The Balaban J connectivity index is 1.11. The fourth-order valence-electron chi connectivity index (χ4n) is 6.86. The second-order valence-corrected chi connectivity index (χ2v) is 13.2. The van der Waals surface area contributed by atoms with Crippen LogP contribution in [0.1, 0.15) is 39.9 Å². The van der Waals surface area contributed by atoms with Crippen molar-refractivity contribution in [3.05, 3.63) is 88.5 Å². The number of benzene rings is 2. The van der Waals surface area contributed by atoms with Gasteiger partial charge in [0.05, 0.1) is 25.4 Å². The van der Waals surface area contributed by atoms with Gasteiger partial charge >= 0.3 is 5.97 Å². The van der Waals surface area contributed by atoms with E-state index in [0.29, 0.717) is 24.0 Å². The number of aliphatic hydroxyl groups excluding tert-OH is 5. The summed E-state index contributed by atoms with van der Waals surface area (Å²) in [5.41, 5.74) is 3.39. The highest BCUT2D eigenvalue weighted by Crippen LogP contribution is 2.45. The third-order valence-corrected chi connectivity index (χ3v) is 9.48. The van der Waals surface area contributed by atoms with Crippen LogP contribution in [0.4, 0.5) is 0 Å². The van der Waals surface area contributed by atoms with Gasteiger partial charge in [-0.3, -0.25) is 9.59 Å². The molecule has 0 bridgehead atoms. The number of ether oxygens (including phenoxy) is 5. The first kappa shape index (κ1) is 37.7. The van der Waals surface area contributed by atoms with Gasteiger partial charge in [-0.25, -0.2) is 4.79 Å². The normalized spacial score (nSPS) is 29.0. The second-order valence-electron chi connectivity index (χ2n) is 13.2. The van der Waals surface area contributed by atoms with Gasteiger partial charge < -0.3 is 59.9 Å². The lowest BCUT2D eigenvalue weighted by atomic mass is 9.91. The van der Waals surface area contributed by atoms with Crippen molar-refractivity contribution < 1.29 is 63.6 Å². The van der Waals surface area contributed by atoms with Gasteiger partial charge in [-0.05, 0) is 34.9 Å². The summed E-state index contributed by atoms with van der Waals surface area (Å²) < 4.78 is 29.9. The first-order valence-corrected chi connectivity index (χ1v) is 17.3. The van der Waals surface area contributed by atoms with E-state index >= 15 is 0 Å². The van der Waals surface area contributed by atoms with Gasteiger partial charge in [0, 0.05) is 44.3 Å². The van der Waals surface area contributed by atoms with Crippen LogP contribution in [0, 0.1) is 0 Å². The standard InChI is InChI=1S/C37H44N2O13/c40-13-12-38-29(42)10-11-39-34(46)25-16-26(33-27(17-25)51-37(52-33)18-23-7-1-2-8-24(23)19-37)49-35(47)22-9-3-5-21(15-22)6-4-14-48-36-32(45)31(44)30(43)28(20-41)50-36/h1-9,15,17,26-28,30-33,36,40-41,43-45H,10-14,16,18-20H2,(H,38,42)(H,39,46). The van der Waals surface area contributed by atoms with Crippen molar-refractivity contribution in [1.82, 2.24) is 10.6 Å². The van der Waals surface area contributed by atoms with E-state index in [9.17, 15) is 34.8 Å². The predicted molar refractivity (Wildman–Crippen MR) is 181 cm³/mol. The Labute approximate surface area is 299 Å². The molecule has 8 atom stereocenters. The van der Waals surface area contributed by atoms with E-state index in [1.807, 2.05) is 24.3 Å². The fraction of sp³-hybridized carbons (Fsp3) is 0.486. The predicted octanol–water partition coefficient (Wildman–Crippen LogP) is -0.734. The Hall–Kier alpha value is -4.03. The van der Waals surface area contributed by atoms with E-state index in [0.717, 1.165) is 11.1 Å². The molecule has 8 unspecified atom stereocenters. The smallest absolute Gasteiger partial charge is 0.338 e. The van der Waals surface area contributed by atoms with Crippen molar-refractivity contribution in [2.24, 2.45) is 0 Å². The van der Waals surface area contributed by atoms with Crippen LogP contribution in [-0.4, -0.2) is 131 Å². The van der Waals surface area contributed by atoms with Gasteiger partial charge in [0.1, 0.15) is 42.7 Å². The van der Waals surface area contributed by atoms with E-state index in [4.69, 9.17) is 28.8 Å². The van der Waals surface area contributed by atoms with E-state index in [1.54, 1.807) is 42.5 Å². The zero-order valence-corrected chi connectivity index (χ0v) is 28.3. The molecule has 0 radical (unpaired) electrons. The largest absolute Gasteiger partial charge is 0.456 e. The molecule has 15 heteroatoms. The van der Waals surface area contributed by atoms with Crippen molar-refractivity contribution in [2.75, 3.05) is 32.9 Å². The molecule has 7 N–H and O–H groups in total. The molecule has 0 saturated carbocycles. The lowest BCUT2D eigenvalue weighted by Crippen LogP contribution is -2.59. The van der Waals surface area contributed by atoms with Crippen LogP contribution >= 0.6 is 0 Å². The molecule has 2 aromatic rings. The van der Waals surface area contributed by atoms with E-state index in [2.05, 4.69) is 10.6 Å². The van der Waals surface area contributed by atoms with Crippen molar-refractivity contribution in [3.63, 3.8) is 0 Å². The van der Waals surface area contributed by atoms with Gasteiger partial charge in [-0.1, -0.05) is 48.6 Å². The highest BCUT2D eigenvalue weighted by molar-refractivity contribution is 5.94. The molecule has 2 heterocycles. The molecule has 15 nitrogen and oxygen atoms in total. The highest BCUT2D eigenvalue weighted by Gasteiger charge is 2.55. The summed E-state index contributed by atoms with van der Waals surface area (Å²) in [6.45, 7) is -0.632. The van der Waals surface area contributed by atoms with Crippen LogP contribution in [0.2, 0.25) is 0 Å². The minimum absolute atomic E-state index is 0.0229. The van der Waals surface area contributed by atoms with Crippen molar-refractivity contribution in [2.45, 2.75) is 80.5 Å². The molecular formula is C37H44N2O13. The SMILES string of the molecule is O=C(CCNC(=O)C1=CC2OC3(Cc4ccccc4C3)OC2C(OC(=O)c2cccc(C=CCOC3OC(CO)C(O)C(O)C3O)c2)C1)NCCO. The first-order chi connectivity index (χ1) is 25.1. The summed E-state index contributed by atoms with van der Waals surface area (Å²) in [7, 11) is 0. The van der Waals surface area contributed by atoms with Crippen LogP contribution in [0.15, 0.2) is 66.3 Å². The highest BCUT2D eigenvalue weighted by atomic mass is 16.8. The number of fused-ring (bicyclic) bond motifs is 2. The minimum atomic E-state index is -1.56. The summed E-state index contributed by atoms with van der Waals surface area (Å²) in [5.74, 6) is -2.35. The number of amides is 2. The topological polar surface area (TPSA) is 223 Å². The Bertz CT molecular complexity index is 1640. The molecule has 2 amide bonds. The Morgan fingerprint density at radius 3 is 2.42 bits per heavy atom. The maximum absolute atomic E-state index is 13.6. The summed E-state index contributed by atoms with van der Waals surface area (Å²) in [4.78, 5) is 38.8. The Morgan fingerprint density at radius 1 is 0.923 bits per heavy atom. The molecule has 52 heavy (non-hydrogen) atoms. The molecular weight excluding hydrogens is 680 g/mol. The molecule has 1 spiro atoms. The minimum Gasteiger partial charge on any atom is -0.456 e. The molecule has 2 aliphatic carbocycles. The van der Waals surface area contributed by atoms with Crippen molar-refractivity contribution >= 4 is 23.9 Å². The van der Waals surface area contributed by atoms with E-state index in [-0.39, 0.29) is 50.6 Å². The van der Waals surface area contributed by atoms with Crippen molar-refractivity contribution in [1.29, 1.82) is 0 Å². The number of rotatable bonds is 13. The maximum atomic E-state index is 13.6. The first-order valence-electron chi connectivity index (χ1n) is 17.3. The number of aliphatic hydroxyl groups is 5. The lowest BCUT2D eigenvalue weighted by Gasteiger charge is -2.39. The number of carbonyl (C=O) groups is 3.